The smallest absolute Gasteiger partial charge is 0.237 e. The number of carbonyl (C=O) groups is 1. The maximum Gasteiger partial charge on any atom is 0.237 e. The van der Waals surface area contributed by atoms with Crippen LogP contribution in [-0.4, -0.2) is 41.5 Å². The fraction of sp³-hybridized carbons (Fsp3) is 0.929. The SMILES string of the molecule is CCNC(C)(CCN1C(C)CCCC1C)C(N)=O. The standard InChI is InChI=1S/C14H29N3O/c1-5-16-14(4,13(15)18)9-10-17-11(2)7-6-8-12(17)3/h11-12,16H,5-10H2,1-4H3,(H2,15,18). The summed E-state index contributed by atoms with van der Waals surface area (Å²) in [6.07, 6.45) is 4.63. The molecule has 1 aliphatic heterocycles. The van der Waals surface area contributed by atoms with Gasteiger partial charge in [-0.25, -0.2) is 0 Å². The molecule has 0 bridgehead atoms. The van der Waals surface area contributed by atoms with Crippen LogP contribution in [0, 0.1) is 0 Å². The molecule has 3 N–H and O–H groups in total. The molecule has 1 saturated heterocycles. The molecule has 0 aromatic rings. The third-order valence-electron chi connectivity index (χ3n) is 4.36. The average Bonchev–Trinajstić information content (AvgIpc) is 2.28. The van der Waals surface area contributed by atoms with Crippen LogP contribution in [0.3, 0.4) is 0 Å². The van der Waals surface area contributed by atoms with Crippen molar-refractivity contribution in [2.24, 2.45) is 5.73 Å². The van der Waals surface area contributed by atoms with Crippen molar-refractivity contribution in [1.29, 1.82) is 0 Å². The van der Waals surface area contributed by atoms with Crippen LogP contribution < -0.4 is 11.1 Å². The molecule has 106 valence electrons. The highest BCUT2D eigenvalue weighted by atomic mass is 16.1. The number of amides is 1. The summed E-state index contributed by atoms with van der Waals surface area (Å²) in [4.78, 5) is 14.1. The van der Waals surface area contributed by atoms with Crippen LogP contribution in [0.5, 0.6) is 0 Å². The lowest BCUT2D eigenvalue weighted by atomic mass is 9.93. The van der Waals surface area contributed by atoms with Crippen LogP contribution in [-0.2, 0) is 4.79 Å². The maximum absolute atomic E-state index is 11.6. The van der Waals surface area contributed by atoms with Gasteiger partial charge in [0.15, 0.2) is 0 Å². The van der Waals surface area contributed by atoms with Gasteiger partial charge in [-0.15, -0.1) is 0 Å². The van der Waals surface area contributed by atoms with Crippen LogP contribution in [0.15, 0.2) is 0 Å². The molecule has 0 aromatic heterocycles. The van der Waals surface area contributed by atoms with Gasteiger partial charge in [0.1, 0.15) is 0 Å². The summed E-state index contributed by atoms with van der Waals surface area (Å²) in [5, 5.41) is 3.23. The second-order valence-corrected chi connectivity index (χ2v) is 5.84. The first-order valence-electron chi connectivity index (χ1n) is 7.21. The van der Waals surface area contributed by atoms with Crippen molar-refractivity contribution < 1.29 is 4.79 Å². The molecule has 1 heterocycles. The largest absolute Gasteiger partial charge is 0.368 e. The Morgan fingerprint density at radius 2 is 1.94 bits per heavy atom. The number of likely N-dealkylation sites (N-methyl/N-ethyl adjacent to an activating group) is 1. The van der Waals surface area contributed by atoms with Crippen LogP contribution in [0.4, 0.5) is 0 Å². The summed E-state index contributed by atoms with van der Waals surface area (Å²) >= 11 is 0. The Labute approximate surface area is 111 Å². The summed E-state index contributed by atoms with van der Waals surface area (Å²) in [6, 6.07) is 1.24. The van der Waals surface area contributed by atoms with Gasteiger partial charge >= 0.3 is 0 Å². The van der Waals surface area contributed by atoms with Crippen LogP contribution >= 0.6 is 0 Å². The molecule has 3 unspecified atom stereocenters. The number of nitrogens with one attached hydrogen (secondary N) is 1. The monoisotopic (exact) mass is 255 g/mol. The summed E-state index contributed by atoms with van der Waals surface area (Å²) < 4.78 is 0. The predicted octanol–water partition coefficient (Wildman–Crippen LogP) is 1.49. The minimum Gasteiger partial charge on any atom is -0.368 e. The number of hydrogen-bond donors (Lipinski definition) is 2. The number of rotatable bonds is 6. The van der Waals surface area contributed by atoms with E-state index in [2.05, 4.69) is 24.1 Å². The van der Waals surface area contributed by atoms with Crippen molar-refractivity contribution in [2.75, 3.05) is 13.1 Å². The first-order chi connectivity index (χ1) is 8.40. The van der Waals surface area contributed by atoms with Gasteiger partial charge in [-0.05, 0) is 46.6 Å². The Hall–Kier alpha value is -0.610. The third-order valence-corrected chi connectivity index (χ3v) is 4.36. The lowest BCUT2D eigenvalue weighted by Crippen LogP contribution is -2.56. The van der Waals surface area contributed by atoms with E-state index in [4.69, 9.17) is 5.73 Å². The van der Waals surface area contributed by atoms with Crippen molar-refractivity contribution >= 4 is 5.91 Å². The minimum absolute atomic E-state index is 0.248. The Morgan fingerprint density at radius 1 is 1.39 bits per heavy atom. The highest BCUT2D eigenvalue weighted by Crippen LogP contribution is 2.24. The van der Waals surface area contributed by atoms with E-state index >= 15 is 0 Å². The molecule has 0 aliphatic carbocycles. The molecule has 1 aliphatic rings. The van der Waals surface area contributed by atoms with E-state index in [-0.39, 0.29) is 5.91 Å². The summed E-state index contributed by atoms with van der Waals surface area (Å²) in [5.74, 6) is -0.248. The molecule has 0 aromatic carbocycles. The summed E-state index contributed by atoms with van der Waals surface area (Å²) in [7, 11) is 0. The fourth-order valence-corrected chi connectivity index (χ4v) is 2.96. The van der Waals surface area contributed by atoms with Crippen molar-refractivity contribution in [3.05, 3.63) is 0 Å². The van der Waals surface area contributed by atoms with Crippen molar-refractivity contribution in [2.45, 2.75) is 71.0 Å². The highest BCUT2D eigenvalue weighted by molar-refractivity contribution is 5.84. The van der Waals surface area contributed by atoms with E-state index < -0.39 is 5.54 Å². The first-order valence-corrected chi connectivity index (χ1v) is 7.21. The highest BCUT2D eigenvalue weighted by Gasteiger charge is 2.32. The number of nitrogens with two attached hydrogens (primary N) is 1. The van der Waals surface area contributed by atoms with Crippen molar-refractivity contribution in [3.63, 3.8) is 0 Å². The summed E-state index contributed by atoms with van der Waals surface area (Å²) in [5.41, 5.74) is 4.94. The van der Waals surface area contributed by atoms with Gasteiger partial charge in [0.2, 0.25) is 5.91 Å². The Bertz CT molecular complexity index is 272. The third kappa shape index (κ3) is 3.69. The number of likely N-dealkylation sites (tertiary alicyclic amines) is 1. The molecular formula is C14H29N3O. The Morgan fingerprint density at radius 3 is 2.39 bits per heavy atom. The number of carbonyl (C=O) groups excluding carboxylic acids is 1. The Balaban J connectivity index is 2.58. The first kappa shape index (κ1) is 15.4. The van der Waals surface area contributed by atoms with E-state index in [1.807, 2.05) is 13.8 Å². The molecule has 18 heavy (non-hydrogen) atoms. The fourth-order valence-electron chi connectivity index (χ4n) is 2.96. The number of hydrogen-bond acceptors (Lipinski definition) is 3. The lowest BCUT2D eigenvalue weighted by Gasteiger charge is -2.41. The molecule has 4 heteroatoms. The number of primary amides is 1. The molecule has 3 atom stereocenters. The van der Waals surface area contributed by atoms with Gasteiger partial charge in [0.05, 0.1) is 5.54 Å². The van der Waals surface area contributed by atoms with E-state index in [9.17, 15) is 4.79 Å². The Kier molecular flexibility index (Phi) is 5.60. The van der Waals surface area contributed by atoms with Crippen molar-refractivity contribution in [3.8, 4) is 0 Å². The quantitative estimate of drug-likeness (QED) is 0.756. The number of nitrogens with zero attached hydrogens (tertiary/aromatic N) is 1. The molecule has 0 saturated carbocycles. The van der Waals surface area contributed by atoms with Gasteiger partial charge in [-0.1, -0.05) is 13.3 Å². The maximum atomic E-state index is 11.6. The van der Waals surface area contributed by atoms with E-state index in [1.165, 1.54) is 19.3 Å². The van der Waals surface area contributed by atoms with Gasteiger partial charge in [0, 0.05) is 18.6 Å². The van der Waals surface area contributed by atoms with Gasteiger partial charge in [0.25, 0.3) is 0 Å². The second kappa shape index (κ2) is 6.53. The lowest BCUT2D eigenvalue weighted by molar-refractivity contribution is -0.124. The minimum atomic E-state index is -0.578. The van der Waals surface area contributed by atoms with E-state index in [0.29, 0.717) is 12.1 Å². The van der Waals surface area contributed by atoms with E-state index in [0.717, 1.165) is 19.5 Å². The topological polar surface area (TPSA) is 58.4 Å². The molecule has 1 rings (SSSR count). The normalized spacial score (nSPS) is 28.9. The van der Waals surface area contributed by atoms with Gasteiger partial charge < -0.3 is 11.1 Å². The molecule has 0 spiro atoms. The van der Waals surface area contributed by atoms with Gasteiger partial charge in [-0.3, -0.25) is 9.69 Å². The zero-order valence-corrected chi connectivity index (χ0v) is 12.3. The number of piperidine rings is 1. The molecule has 1 amide bonds. The molecule has 1 fully saturated rings. The van der Waals surface area contributed by atoms with Gasteiger partial charge in [-0.2, -0.15) is 0 Å². The van der Waals surface area contributed by atoms with Crippen LogP contribution in [0.25, 0.3) is 0 Å². The van der Waals surface area contributed by atoms with E-state index in [1.54, 1.807) is 0 Å². The van der Waals surface area contributed by atoms with Crippen LogP contribution in [0.1, 0.15) is 53.4 Å². The van der Waals surface area contributed by atoms with Crippen molar-refractivity contribution in [1.82, 2.24) is 10.2 Å². The molecule has 4 nitrogen and oxygen atoms in total. The van der Waals surface area contributed by atoms with Crippen LogP contribution in [0.2, 0.25) is 0 Å². The summed E-state index contributed by atoms with van der Waals surface area (Å²) in [6.45, 7) is 10.2. The molecular weight excluding hydrogens is 226 g/mol. The zero-order chi connectivity index (χ0) is 13.8. The predicted molar refractivity (Wildman–Crippen MR) is 75.4 cm³/mol. The zero-order valence-electron chi connectivity index (χ0n) is 12.3. The average molecular weight is 255 g/mol. The molecule has 0 radical (unpaired) electrons. The second-order valence-electron chi connectivity index (χ2n) is 5.84.